The van der Waals surface area contributed by atoms with E-state index in [0.717, 1.165) is 11.4 Å². The summed E-state index contributed by atoms with van der Waals surface area (Å²) in [5.74, 6) is -0.0562. The van der Waals surface area contributed by atoms with Crippen LogP contribution in [0.1, 0.15) is 13.3 Å². The number of ether oxygens (including phenoxy) is 1. The van der Waals surface area contributed by atoms with Crippen molar-refractivity contribution < 1.29 is 14.3 Å². The average molecular weight is 393 g/mol. The Hall–Kier alpha value is -2.24. The largest absolute Gasteiger partial charge is 0.494 e. The molecule has 2 amide bonds. The van der Waals surface area contributed by atoms with Gasteiger partial charge in [0.05, 0.1) is 28.3 Å². The first-order valence-electron chi connectivity index (χ1n) is 8.27. The minimum Gasteiger partial charge on any atom is -0.494 e. The van der Waals surface area contributed by atoms with E-state index in [2.05, 4.69) is 5.32 Å². The third-order valence-corrected chi connectivity index (χ3v) is 4.98. The van der Waals surface area contributed by atoms with E-state index in [4.69, 9.17) is 27.9 Å². The third kappa shape index (κ3) is 3.94. The van der Waals surface area contributed by atoms with Crippen molar-refractivity contribution in [2.45, 2.75) is 13.3 Å². The third-order valence-electron chi connectivity index (χ3n) is 4.16. The van der Waals surface area contributed by atoms with Gasteiger partial charge in [0.1, 0.15) is 5.75 Å². The summed E-state index contributed by atoms with van der Waals surface area (Å²) in [5, 5.41) is 3.41. The van der Waals surface area contributed by atoms with Crippen molar-refractivity contribution in [2.75, 3.05) is 23.4 Å². The first-order valence-corrected chi connectivity index (χ1v) is 9.03. The highest BCUT2D eigenvalue weighted by Gasteiger charge is 2.35. The molecule has 1 atom stereocenters. The molecule has 1 heterocycles. The van der Waals surface area contributed by atoms with Crippen LogP contribution in [0.5, 0.6) is 5.75 Å². The summed E-state index contributed by atoms with van der Waals surface area (Å²) < 4.78 is 5.41. The first-order chi connectivity index (χ1) is 12.5. The van der Waals surface area contributed by atoms with E-state index in [9.17, 15) is 9.59 Å². The number of anilines is 2. The molecular weight excluding hydrogens is 375 g/mol. The van der Waals surface area contributed by atoms with Crippen LogP contribution in [0.3, 0.4) is 0 Å². The quantitative estimate of drug-likeness (QED) is 0.820. The molecule has 5 nitrogen and oxygen atoms in total. The zero-order chi connectivity index (χ0) is 18.7. The zero-order valence-corrected chi connectivity index (χ0v) is 15.7. The molecule has 26 heavy (non-hydrogen) atoms. The van der Waals surface area contributed by atoms with Gasteiger partial charge in [0.2, 0.25) is 11.8 Å². The summed E-state index contributed by atoms with van der Waals surface area (Å²) in [5.41, 5.74) is 1.19. The van der Waals surface area contributed by atoms with Gasteiger partial charge in [-0.2, -0.15) is 0 Å². The fourth-order valence-corrected chi connectivity index (χ4v) is 3.20. The highest BCUT2D eigenvalue weighted by molar-refractivity contribution is 6.44. The van der Waals surface area contributed by atoms with E-state index < -0.39 is 5.92 Å². The van der Waals surface area contributed by atoms with Gasteiger partial charge in [-0.1, -0.05) is 29.3 Å². The van der Waals surface area contributed by atoms with Gasteiger partial charge in [0.15, 0.2) is 0 Å². The van der Waals surface area contributed by atoms with Crippen molar-refractivity contribution >= 4 is 46.4 Å². The Kier molecular flexibility index (Phi) is 5.69. The van der Waals surface area contributed by atoms with Crippen molar-refractivity contribution in [3.8, 4) is 5.75 Å². The smallest absolute Gasteiger partial charge is 0.229 e. The predicted molar refractivity (Wildman–Crippen MR) is 103 cm³/mol. The molecule has 2 aromatic carbocycles. The maximum absolute atomic E-state index is 12.5. The van der Waals surface area contributed by atoms with Crippen LogP contribution in [-0.2, 0) is 9.59 Å². The summed E-state index contributed by atoms with van der Waals surface area (Å²) in [7, 11) is 0. The lowest BCUT2D eigenvalue weighted by Crippen LogP contribution is -2.28. The van der Waals surface area contributed by atoms with Crippen molar-refractivity contribution in [1.82, 2.24) is 0 Å². The molecule has 1 saturated heterocycles. The summed E-state index contributed by atoms with van der Waals surface area (Å²) in [6, 6.07) is 12.3. The highest BCUT2D eigenvalue weighted by atomic mass is 35.5. The number of halogens is 2. The molecule has 1 aliphatic heterocycles. The van der Waals surface area contributed by atoms with Crippen LogP contribution in [0.15, 0.2) is 42.5 Å². The Morgan fingerprint density at radius 2 is 1.96 bits per heavy atom. The minimum absolute atomic E-state index is 0.0912. The maximum Gasteiger partial charge on any atom is 0.229 e. The lowest BCUT2D eigenvalue weighted by molar-refractivity contribution is -0.122. The molecule has 1 N–H and O–H groups in total. The van der Waals surface area contributed by atoms with E-state index in [1.54, 1.807) is 23.1 Å². The summed E-state index contributed by atoms with van der Waals surface area (Å²) in [6.45, 7) is 2.81. The molecule has 0 aromatic heterocycles. The lowest BCUT2D eigenvalue weighted by Gasteiger charge is -2.17. The van der Waals surface area contributed by atoms with Gasteiger partial charge in [-0.15, -0.1) is 0 Å². The molecular formula is C19H18Cl2N2O3. The molecule has 0 radical (unpaired) electrons. The number of benzene rings is 2. The van der Waals surface area contributed by atoms with E-state index in [1.165, 1.54) is 0 Å². The molecule has 2 aromatic rings. The SMILES string of the molecule is CCOc1ccc(N2C[C@@H](C(=O)Nc3cccc(Cl)c3Cl)CC2=O)cc1. The van der Waals surface area contributed by atoms with Gasteiger partial charge in [-0.25, -0.2) is 0 Å². The molecule has 0 saturated carbocycles. The normalized spacial score (nSPS) is 16.7. The van der Waals surface area contributed by atoms with Gasteiger partial charge in [0.25, 0.3) is 0 Å². The van der Waals surface area contributed by atoms with Gasteiger partial charge < -0.3 is 15.0 Å². The highest BCUT2D eigenvalue weighted by Crippen LogP contribution is 2.31. The Morgan fingerprint density at radius 3 is 2.65 bits per heavy atom. The van der Waals surface area contributed by atoms with Gasteiger partial charge >= 0.3 is 0 Å². The van der Waals surface area contributed by atoms with Gasteiger partial charge in [0, 0.05) is 18.7 Å². The Morgan fingerprint density at radius 1 is 1.23 bits per heavy atom. The van der Waals surface area contributed by atoms with Crippen LogP contribution in [0, 0.1) is 5.92 Å². The fraction of sp³-hybridized carbons (Fsp3) is 0.263. The Labute approximate surface area is 161 Å². The topological polar surface area (TPSA) is 58.6 Å². The molecule has 0 spiro atoms. The standard InChI is InChI=1S/C19H18Cl2N2O3/c1-2-26-14-8-6-13(7-9-14)23-11-12(10-17(23)24)19(25)22-16-5-3-4-15(20)18(16)21/h3-9,12H,2,10-11H2,1H3,(H,22,25)/t12-/m0/s1. The van der Waals surface area contributed by atoms with Crippen molar-refractivity contribution in [2.24, 2.45) is 5.92 Å². The molecule has 136 valence electrons. The van der Waals surface area contributed by atoms with E-state index in [0.29, 0.717) is 23.9 Å². The number of amides is 2. The van der Waals surface area contributed by atoms with Gasteiger partial charge in [-0.05, 0) is 43.3 Å². The Balaban J connectivity index is 1.68. The lowest BCUT2D eigenvalue weighted by atomic mass is 10.1. The maximum atomic E-state index is 12.5. The molecule has 1 aliphatic rings. The van der Waals surface area contributed by atoms with E-state index >= 15 is 0 Å². The van der Waals surface area contributed by atoms with Crippen molar-refractivity contribution in [3.05, 3.63) is 52.5 Å². The monoisotopic (exact) mass is 392 g/mol. The van der Waals surface area contributed by atoms with Crippen LogP contribution in [0.4, 0.5) is 11.4 Å². The van der Waals surface area contributed by atoms with Crippen LogP contribution in [0.25, 0.3) is 0 Å². The summed E-state index contributed by atoms with van der Waals surface area (Å²) >= 11 is 12.1. The zero-order valence-electron chi connectivity index (χ0n) is 14.2. The molecule has 0 aliphatic carbocycles. The number of nitrogens with zero attached hydrogens (tertiary/aromatic N) is 1. The predicted octanol–water partition coefficient (Wildman–Crippen LogP) is 4.38. The number of hydrogen-bond donors (Lipinski definition) is 1. The molecule has 0 bridgehead atoms. The van der Waals surface area contributed by atoms with Gasteiger partial charge in [-0.3, -0.25) is 9.59 Å². The molecule has 3 rings (SSSR count). The molecule has 1 fully saturated rings. The van der Waals surface area contributed by atoms with E-state index in [1.807, 2.05) is 31.2 Å². The number of carbonyl (C=O) groups excluding carboxylic acids is 2. The molecule has 0 unspecified atom stereocenters. The number of hydrogen-bond acceptors (Lipinski definition) is 3. The van der Waals surface area contributed by atoms with Crippen LogP contribution < -0.4 is 15.0 Å². The number of rotatable bonds is 5. The van der Waals surface area contributed by atoms with E-state index in [-0.39, 0.29) is 23.3 Å². The second-order valence-corrected chi connectivity index (χ2v) is 6.71. The number of nitrogens with one attached hydrogen (secondary N) is 1. The average Bonchev–Trinajstić information content (AvgIpc) is 3.02. The van der Waals surface area contributed by atoms with Crippen molar-refractivity contribution in [3.63, 3.8) is 0 Å². The Bertz CT molecular complexity index is 824. The summed E-state index contributed by atoms with van der Waals surface area (Å²) in [6.07, 6.45) is 0.150. The number of carbonyl (C=O) groups is 2. The first kappa shape index (κ1) is 18.5. The molecule has 7 heteroatoms. The van der Waals surface area contributed by atoms with Crippen LogP contribution in [-0.4, -0.2) is 25.0 Å². The minimum atomic E-state index is -0.455. The van der Waals surface area contributed by atoms with Crippen molar-refractivity contribution in [1.29, 1.82) is 0 Å². The summed E-state index contributed by atoms with van der Waals surface area (Å²) in [4.78, 5) is 26.5. The van der Waals surface area contributed by atoms with Crippen LogP contribution >= 0.6 is 23.2 Å². The second kappa shape index (κ2) is 7.98. The fourth-order valence-electron chi connectivity index (χ4n) is 2.86. The second-order valence-electron chi connectivity index (χ2n) is 5.92. The van der Waals surface area contributed by atoms with Crippen LogP contribution in [0.2, 0.25) is 10.0 Å².